The van der Waals surface area contributed by atoms with Crippen molar-refractivity contribution in [2.75, 3.05) is 5.32 Å². The average molecular weight is 377 g/mol. The molecule has 122 valence electrons. The lowest BCUT2D eigenvalue weighted by Gasteiger charge is -2.08. The first-order chi connectivity index (χ1) is 11.5. The highest BCUT2D eigenvalue weighted by Gasteiger charge is 2.11. The number of rotatable bonds is 4. The predicted molar refractivity (Wildman–Crippen MR) is 101 cm³/mol. The highest BCUT2D eigenvalue weighted by atomic mass is 35.5. The first kappa shape index (κ1) is 17.0. The molecule has 0 unspecified atom stereocenters. The fraction of sp³-hybridized carbons (Fsp3) is 0.111. The van der Waals surface area contributed by atoms with Crippen molar-refractivity contribution < 1.29 is 4.79 Å². The number of hydrogen-bond acceptors (Lipinski definition) is 3. The Morgan fingerprint density at radius 1 is 1.17 bits per heavy atom. The third-order valence-electron chi connectivity index (χ3n) is 3.44. The number of carbonyl (C=O) groups excluding carboxylic acids is 1. The number of nitrogens with zero attached hydrogens (tertiary/aromatic N) is 1. The van der Waals surface area contributed by atoms with Gasteiger partial charge in [0.2, 0.25) is 5.91 Å². The molecule has 3 nitrogen and oxygen atoms in total. The summed E-state index contributed by atoms with van der Waals surface area (Å²) in [6.45, 7) is 1.92. The largest absolute Gasteiger partial charge is 0.325 e. The number of aryl methyl sites for hydroxylation is 1. The molecule has 6 heteroatoms. The zero-order valence-electron chi connectivity index (χ0n) is 12.8. The Labute approximate surface area is 154 Å². The summed E-state index contributed by atoms with van der Waals surface area (Å²) in [4.78, 5) is 16.8. The molecule has 0 atom stereocenters. The lowest BCUT2D eigenvalue weighted by molar-refractivity contribution is -0.115. The van der Waals surface area contributed by atoms with Gasteiger partial charge in [-0.05, 0) is 36.8 Å². The highest BCUT2D eigenvalue weighted by molar-refractivity contribution is 7.13. The van der Waals surface area contributed by atoms with Crippen LogP contribution in [0, 0.1) is 6.92 Å². The Bertz CT molecular complexity index is 892. The molecule has 24 heavy (non-hydrogen) atoms. The van der Waals surface area contributed by atoms with Crippen LogP contribution in [-0.2, 0) is 11.2 Å². The molecule has 0 saturated heterocycles. The van der Waals surface area contributed by atoms with Gasteiger partial charge in [-0.25, -0.2) is 4.98 Å². The van der Waals surface area contributed by atoms with E-state index >= 15 is 0 Å². The molecular formula is C18H14Cl2N2OS. The number of hydrogen-bond donors (Lipinski definition) is 1. The Morgan fingerprint density at radius 2 is 1.96 bits per heavy atom. The normalized spacial score (nSPS) is 10.6. The van der Waals surface area contributed by atoms with E-state index in [1.54, 1.807) is 12.1 Å². The molecule has 0 aliphatic rings. The van der Waals surface area contributed by atoms with E-state index in [0.29, 0.717) is 10.0 Å². The van der Waals surface area contributed by atoms with Crippen molar-refractivity contribution in [3.8, 4) is 10.6 Å². The number of anilines is 1. The van der Waals surface area contributed by atoms with E-state index in [0.717, 1.165) is 27.5 Å². The van der Waals surface area contributed by atoms with Crippen molar-refractivity contribution >= 4 is 46.1 Å². The SMILES string of the molecule is Cc1ccc(Cl)cc1NC(=O)Cc1csc(-c2cccc(Cl)c2)n1. The first-order valence-corrected chi connectivity index (χ1v) is 8.91. The quantitative estimate of drug-likeness (QED) is 0.642. The summed E-state index contributed by atoms with van der Waals surface area (Å²) in [6, 6.07) is 12.9. The van der Waals surface area contributed by atoms with Crippen molar-refractivity contribution in [1.29, 1.82) is 0 Å². The Hall–Kier alpha value is -1.88. The summed E-state index contributed by atoms with van der Waals surface area (Å²) in [5.41, 5.74) is 3.36. The van der Waals surface area contributed by atoms with Crippen molar-refractivity contribution in [2.24, 2.45) is 0 Å². The van der Waals surface area contributed by atoms with Gasteiger partial charge in [-0.1, -0.05) is 41.4 Å². The summed E-state index contributed by atoms with van der Waals surface area (Å²) < 4.78 is 0. The standard InChI is InChI=1S/C18H14Cl2N2OS/c1-11-5-6-14(20)8-16(11)22-17(23)9-15-10-24-18(21-15)12-3-2-4-13(19)7-12/h2-8,10H,9H2,1H3,(H,22,23). The van der Waals surface area contributed by atoms with Gasteiger partial charge in [0.1, 0.15) is 5.01 Å². The number of nitrogens with one attached hydrogen (secondary N) is 1. The molecular weight excluding hydrogens is 363 g/mol. The van der Waals surface area contributed by atoms with Crippen LogP contribution in [0.25, 0.3) is 10.6 Å². The molecule has 1 aromatic heterocycles. The molecule has 0 bridgehead atoms. The minimum Gasteiger partial charge on any atom is -0.325 e. The molecule has 0 saturated carbocycles. The van der Waals surface area contributed by atoms with Gasteiger partial charge in [0.15, 0.2) is 0 Å². The van der Waals surface area contributed by atoms with Crippen LogP contribution in [0.4, 0.5) is 5.69 Å². The molecule has 3 aromatic rings. The molecule has 0 radical (unpaired) electrons. The molecule has 1 heterocycles. The van der Waals surface area contributed by atoms with Gasteiger partial charge in [-0.2, -0.15) is 0 Å². The minimum atomic E-state index is -0.122. The Kier molecular flexibility index (Phi) is 5.19. The predicted octanol–water partition coefficient (Wildman–Crippen LogP) is 5.61. The molecule has 0 aliphatic heterocycles. The summed E-state index contributed by atoms with van der Waals surface area (Å²) >= 11 is 13.5. The van der Waals surface area contributed by atoms with Gasteiger partial charge >= 0.3 is 0 Å². The van der Waals surface area contributed by atoms with Crippen LogP contribution in [0.2, 0.25) is 10.0 Å². The zero-order valence-corrected chi connectivity index (χ0v) is 15.2. The lowest BCUT2D eigenvalue weighted by Crippen LogP contribution is -2.15. The van der Waals surface area contributed by atoms with Crippen molar-refractivity contribution in [3.05, 3.63) is 69.1 Å². The number of thiazole rings is 1. The molecule has 1 N–H and O–H groups in total. The molecule has 0 fully saturated rings. The monoisotopic (exact) mass is 376 g/mol. The van der Waals surface area contributed by atoms with Crippen LogP contribution in [0.1, 0.15) is 11.3 Å². The average Bonchev–Trinajstić information content (AvgIpc) is 2.99. The maximum Gasteiger partial charge on any atom is 0.230 e. The van der Waals surface area contributed by atoms with Crippen LogP contribution < -0.4 is 5.32 Å². The second kappa shape index (κ2) is 7.34. The van der Waals surface area contributed by atoms with Gasteiger partial charge in [-0.3, -0.25) is 4.79 Å². The smallest absolute Gasteiger partial charge is 0.230 e. The minimum absolute atomic E-state index is 0.122. The van der Waals surface area contributed by atoms with Crippen molar-refractivity contribution in [2.45, 2.75) is 13.3 Å². The van der Waals surface area contributed by atoms with E-state index in [1.807, 2.05) is 42.6 Å². The fourth-order valence-electron chi connectivity index (χ4n) is 2.23. The summed E-state index contributed by atoms with van der Waals surface area (Å²) in [7, 11) is 0. The van der Waals surface area contributed by atoms with Gasteiger partial charge in [-0.15, -0.1) is 11.3 Å². The van der Waals surface area contributed by atoms with Gasteiger partial charge in [0, 0.05) is 26.7 Å². The molecule has 0 spiro atoms. The second-order valence-corrected chi connectivity index (χ2v) is 7.07. The van der Waals surface area contributed by atoms with Crippen LogP contribution in [0.3, 0.4) is 0 Å². The van der Waals surface area contributed by atoms with E-state index in [2.05, 4.69) is 10.3 Å². The molecule has 3 rings (SSSR count). The second-order valence-electron chi connectivity index (χ2n) is 5.34. The van der Waals surface area contributed by atoms with E-state index in [1.165, 1.54) is 11.3 Å². The maximum atomic E-state index is 12.2. The number of aromatic nitrogens is 1. The molecule has 0 aliphatic carbocycles. The third-order valence-corrected chi connectivity index (χ3v) is 4.85. The fourth-order valence-corrected chi connectivity index (χ4v) is 3.41. The Morgan fingerprint density at radius 3 is 2.75 bits per heavy atom. The first-order valence-electron chi connectivity index (χ1n) is 7.27. The molecule has 2 aromatic carbocycles. The van der Waals surface area contributed by atoms with Gasteiger partial charge in [0.05, 0.1) is 12.1 Å². The molecule has 1 amide bonds. The van der Waals surface area contributed by atoms with E-state index in [4.69, 9.17) is 23.2 Å². The van der Waals surface area contributed by atoms with Gasteiger partial charge < -0.3 is 5.32 Å². The van der Waals surface area contributed by atoms with Crippen molar-refractivity contribution in [1.82, 2.24) is 4.98 Å². The maximum absolute atomic E-state index is 12.2. The zero-order chi connectivity index (χ0) is 17.1. The number of halogens is 2. The van der Waals surface area contributed by atoms with Crippen molar-refractivity contribution in [3.63, 3.8) is 0 Å². The van der Waals surface area contributed by atoms with Gasteiger partial charge in [0.25, 0.3) is 0 Å². The summed E-state index contributed by atoms with van der Waals surface area (Å²) in [6.07, 6.45) is 0.211. The van der Waals surface area contributed by atoms with E-state index in [-0.39, 0.29) is 12.3 Å². The number of benzene rings is 2. The number of carbonyl (C=O) groups is 1. The van der Waals surface area contributed by atoms with Crippen LogP contribution in [-0.4, -0.2) is 10.9 Å². The summed E-state index contributed by atoms with van der Waals surface area (Å²) in [5.74, 6) is -0.122. The lowest BCUT2D eigenvalue weighted by atomic mass is 10.2. The van der Waals surface area contributed by atoms with E-state index < -0.39 is 0 Å². The number of amides is 1. The topological polar surface area (TPSA) is 42.0 Å². The van der Waals surface area contributed by atoms with E-state index in [9.17, 15) is 4.79 Å². The third kappa shape index (κ3) is 4.15. The Balaban J connectivity index is 1.70. The highest BCUT2D eigenvalue weighted by Crippen LogP contribution is 2.26. The van der Waals surface area contributed by atoms with Crippen LogP contribution in [0.5, 0.6) is 0 Å². The van der Waals surface area contributed by atoms with Crippen LogP contribution in [0.15, 0.2) is 47.8 Å². The summed E-state index contributed by atoms with van der Waals surface area (Å²) in [5, 5.41) is 6.87. The van der Waals surface area contributed by atoms with Crippen LogP contribution >= 0.6 is 34.5 Å².